The van der Waals surface area contributed by atoms with Gasteiger partial charge >= 0.3 is 0 Å². The quantitative estimate of drug-likeness (QED) is 0.562. The van der Waals surface area contributed by atoms with Crippen LogP contribution in [0.4, 0.5) is 15.8 Å². The largest absolute Gasteiger partial charge is 0.342 e. The van der Waals surface area contributed by atoms with Gasteiger partial charge in [-0.25, -0.2) is 4.39 Å². The zero-order valence-corrected chi connectivity index (χ0v) is 22.9. The monoisotopic (exact) mass is 522 g/mol. The topological polar surface area (TPSA) is 73.0 Å². The van der Waals surface area contributed by atoms with Gasteiger partial charge in [0.05, 0.1) is 6.67 Å². The number of rotatable bonds is 7. The van der Waals surface area contributed by atoms with Crippen molar-refractivity contribution in [1.82, 2.24) is 9.80 Å². The molecule has 8 heteroatoms. The van der Waals surface area contributed by atoms with E-state index in [1.807, 2.05) is 35.2 Å². The Morgan fingerprint density at radius 1 is 1.03 bits per heavy atom. The number of hydrogen-bond acceptors (Lipinski definition) is 4. The molecule has 0 aliphatic carbocycles. The van der Waals surface area contributed by atoms with Gasteiger partial charge in [0, 0.05) is 30.9 Å². The molecule has 38 heavy (non-hydrogen) atoms. The summed E-state index contributed by atoms with van der Waals surface area (Å²) in [5.74, 6) is -0.378. The molecule has 2 heterocycles. The smallest absolute Gasteiger partial charge is 0.250 e. The minimum atomic E-state index is -0.800. The van der Waals surface area contributed by atoms with Gasteiger partial charge in [0.15, 0.2) is 0 Å². The molecule has 2 saturated heterocycles. The van der Waals surface area contributed by atoms with Gasteiger partial charge in [0.1, 0.15) is 17.9 Å². The highest BCUT2D eigenvalue weighted by Gasteiger charge is 2.54. The fourth-order valence-corrected chi connectivity index (χ4v) is 5.90. The summed E-state index contributed by atoms with van der Waals surface area (Å²) in [6.45, 7) is 9.89. The molecule has 1 atom stereocenters. The molecule has 2 aromatic carbocycles. The third kappa shape index (κ3) is 6.34. The lowest BCUT2D eigenvalue weighted by Crippen LogP contribution is -2.57. The molecule has 204 valence electrons. The zero-order chi connectivity index (χ0) is 27.5. The van der Waals surface area contributed by atoms with Gasteiger partial charge in [-0.1, -0.05) is 45.9 Å². The number of carbonyl (C=O) groups is 3. The number of benzene rings is 2. The maximum Gasteiger partial charge on any atom is 0.250 e. The second-order valence-electron chi connectivity index (χ2n) is 11.9. The van der Waals surface area contributed by atoms with Crippen molar-refractivity contribution in [3.63, 3.8) is 0 Å². The molecule has 0 bridgehead atoms. The van der Waals surface area contributed by atoms with Gasteiger partial charge < -0.3 is 20.0 Å². The Balaban J connectivity index is 1.45. The molecule has 0 radical (unpaired) electrons. The standard InChI is InChI=1S/C30H39FN4O3/c1-22(19-29(2,3)4)18-27(37)33-16-14-30(15-17-33)28(38)34(21-35(30)25-8-6-5-7-9-25)20-26(36)32-24-12-10-23(31)11-13-24/h5-13,22H,14-21H2,1-4H3,(H,32,36)/t22-/m0/s1. The average molecular weight is 523 g/mol. The van der Waals surface area contributed by atoms with Crippen molar-refractivity contribution >= 4 is 29.1 Å². The van der Waals surface area contributed by atoms with E-state index in [1.165, 1.54) is 24.3 Å². The third-order valence-electron chi connectivity index (χ3n) is 7.47. The molecule has 2 aliphatic rings. The predicted octanol–water partition coefficient (Wildman–Crippen LogP) is 4.89. The van der Waals surface area contributed by atoms with Crippen LogP contribution in [0, 0.1) is 17.2 Å². The van der Waals surface area contributed by atoms with E-state index in [9.17, 15) is 18.8 Å². The van der Waals surface area contributed by atoms with Crippen molar-refractivity contribution in [2.45, 2.75) is 58.9 Å². The van der Waals surface area contributed by atoms with E-state index < -0.39 is 5.54 Å². The Bertz CT molecular complexity index is 1140. The lowest BCUT2D eigenvalue weighted by atomic mass is 9.83. The number of nitrogens with zero attached hydrogens (tertiary/aromatic N) is 3. The molecule has 1 N–H and O–H groups in total. The number of carbonyl (C=O) groups excluding carboxylic acids is 3. The van der Waals surface area contributed by atoms with Crippen molar-refractivity contribution in [2.75, 3.05) is 36.5 Å². The second-order valence-corrected chi connectivity index (χ2v) is 11.9. The summed E-state index contributed by atoms with van der Waals surface area (Å²) < 4.78 is 13.2. The molecule has 0 unspecified atom stereocenters. The Morgan fingerprint density at radius 2 is 1.66 bits per heavy atom. The lowest BCUT2D eigenvalue weighted by molar-refractivity contribution is -0.139. The van der Waals surface area contributed by atoms with Gasteiger partial charge in [-0.15, -0.1) is 0 Å². The first-order chi connectivity index (χ1) is 18.0. The summed E-state index contributed by atoms with van der Waals surface area (Å²) >= 11 is 0. The SMILES string of the molecule is C[C@@H](CC(=O)N1CCC2(CC1)C(=O)N(CC(=O)Nc1ccc(F)cc1)CN2c1ccccc1)CC(C)(C)C. The number of hydrogen-bond donors (Lipinski definition) is 1. The van der Waals surface area contributed by atoms with Crippen molar-refractivity contribution < 1.29 is 18.8 Å². The highest BCUT2D eigenvalue weighted by Crippen LogP contribution is 2.40. The normalized spacial score (nSPS) is 18.1. The summed E-state index contributed by atoms with van der Waals surface area (Å²) in [7, 11) is 0. The zero-order valence-electron chi connectivity index (χ0n) is 22.9. The van der Waals surface area contributed by atoms with Crippen LogP contribution >= 0.6 is 0 Å². The van der Waals surface area contributed by atoms with Crippen molar-refractivity contribution in [3.8, 4) is 0 Å². The fourth-order valence-electron chi connectivity index (χ4n) is 5.90. The number of nitrogens with one attached hydrogen (secondary N) is 1. The molecule has 2 fully saturated rings. The summed E-state index contributed by atoms with van der Waals surface area (Å²) in [5.41, 5.74) is 0.765. The van der Waals surface area contributed by atoms with E-state index in [0.29, 0.717) is 44.0 Å². The Kier molecular flexibility index (Phi) is 8.09. The van der Waals surface area contributed by atoms with E-state index >= 15 is 0 Å². The van der Waals surface area contributed by atoms with Crippen LogP contribution < -0.4 is 10.2 Å². The number of halogens is 1. The molecule has 4 rings (SSSR count). The van der Waals surface area contributed by atoms with E-state index in [1.54, 1.807) is 4.90 Å². The van der Waals surface area contributed by atoms with Crippen LogP contribution in [0.25, 0.3) is 0 Å². The van der Waals surface area contributed by atoms with E-state index in [0.717, 1.165) is 12.1 Å². The first kappa shape index (κ1) is 27.6. The molecular weight excluding hydrogens is 483 g/mol. The molecular formula is C30H39FN4O3. The first-order valence-corrected chi connectivity index (χ1v) is 13.4. The summed E-state index contributed by atoms with van der Waals surface area (Å²) in [6.07, 6.45) is 2.51. The van der Waals surface area contributed by atoms with Gasteiger partial charge in [-0.3, -0.25) is 14.4 Å². The van der Waals surface area contributed by atoms with Crippen molar-refractivity contribution in [2.24, 2.45) is 11.3 Å². The van der Waals surface area contributed by atoms with Crippen LogP contribution in [0.2, 0.25) is 0 Å². The highest BCUT2D eigenvalue weighted by atomic mass is 19.1. The van der Waals surface area contributed by atoms with Crippen LogP contribution in [0.1, 0.15) is 53.4 Å². The number of anilines is 2. The van der Waals surface area contributed by atoms with Crippen LogP contribution in [0.5, 0.6) is 0 Å². The van der Waals surface area contributed by atoms with Gasteiger partial charge in [-0.2, -0.15) is 0 Å². The molecule has 2 aliphatic heterocycles. The van der Waals surface area contributed by atoms with Crippen LogP contribution in [0.3, 0.4) is 0 Å². The molecule has 1 spiro atoms. The summed E-state index contributed by atoms with van der Waals surface area (Å²) in [5, 5.41) is 2.75. The number of piperidine rings is 1. The number of para-hydroxylation sites is 1. The number of amides is 3. The Hall–Kier alpha value is -3.42. The molecule has 7 nitrogen and oxygen atoms in total. The second kappa shape index (κ2) is 11.1. The maximum absolute atomic E-state index is 13.9. The van der Waals surface area contributed by atoms with Gasteiger partial charge in [-0.05, 0) is 67.0 Å². The van der Waals surface area contributed by atoms with Crippen molar-refractivity contribution in [3.05, 3.63) is 60.4 Å². The van der Waals surface area contributed by atoms with Gasteiger partial charge in [0.25, 0.3) is 5.91 Å². The predicted molar refractivity (Wildman–Crippen MR) is 147 cm³/mol. The third-order valence-corrected chi connectivity index (χ3v) is 7.47. The van der Waals surface area contributed by atoms with E-state index in [-0.39, 0.29) is 42.2 Å². The average Bonchev–Trinajstić information content (AvgIpc) is 3.11. The summed E-state index contributed by atoms with van der Waals surface area (Å²) in [4.78, 5) is 45.3. The molecule has 0 aromatic heterocycles. The number of likely N-dealkylation sites (tertiary alicyclic amines) is 1. The molecule has 2 aromatic rings. The van der Waals surface area contributed by atoms with Crippen molar-refractivity contribution in [1.29, 1.82) is 0 Å². The van der Waals surface area contributed by atoms with E-state index in [4.69, 9.17) is 0 Å². The first-order valence-electron chi connectivity index (χ1n) is 13.4. The molecule has 0 saturated carbocycles. The maximum atomic E-state index is 13.9. The summed E-state index contributed by atoms with van der Waals surface area (Å²) in [6, 6.07) is 15.3. The fraction of sp³-hybridized carbons (Fsp3) is 0.500. The lowest BCUT2D eigenvalue weighted by Gasteiger charge is -2.43. The van der Waals surface area contributed by atoms with Gasteiger partial charge in [0.2, 0.25) is 11.8 Å². The minimum absolute atomic E-state index is 0.0937. The minimum Gasteiger partial charge on any atom is -0.342 e. The highest BCUT2D eigenvalue weighted by molar-refractivity contribution is 5.99. The van der Waals surface area contributed by atoms with Crippen LogP contribution in [-0.2, 0) is 14.4 Å². The Morgan fingerprint density at radius 3 is 2.26 bits per heavy atom. The Labute approximate surface area is 225 Å². The molecule has 3 amide bonds. The van der Waals surface area contributed by atoms with E-state index in [2.05, 4.69) is 37.9 Å². The van der Waals surface area contributed by atoms with Crippen LogP contribution in [-0.4, -0.2) is 59.4 Å². The van der Waals surface area contributed by atoms with Crippen LogP contribution in [0.15, 0.2) is 54.6 Å².